The second-order valence-electron chi connectivity index (χ2n) is 6.36. The third kappa shape index (κ3) is 5.37. The van der Waals surface area contributed by atoms with Gasteiger partial charge in [0, 0.05) is 0 Å². The van der Waals surface area contributed by atoms with Crippen molar-refractivity contribution in [3.8, 4) is 11.5 Å². The third-order valence-corrected chi connectivity index (χ3v) is 4.91. The van der Waals surface area contributed by atoms with Crippen LogP contribution < -0.4 is 13.8 Å². The van der Waals surface area contributed by atoms with Crippen LogP contribution >= 0.6 is 0 Å². The smallest absolute Gasteiger partial charge is 0.335 e. The third-order valence-electron chi connectivity index (χ3n) is 4.19. The molecule has 1 atom stereocenters. The molecule has 0 saturated carbocycles. The van der Waals surface area contributed by atoms with Crippen molar-refractivity contribution in [3.63, 3.8) is 0 Å². The molecule has 8 heteroatoms. The highest BCUT2D eigenvalue weighted by atomic mass is 32.2. The summed E-state index contributed by atoms with van der Waals surface area (Å²) in [5.74, 6) is -0.0399. The summed E-state index contributed by atoms with van der Waals surface area (Å²) in [5, 5.41) is 8.92. The largest absolute Gasteiger partial charge is 0.490 e. The van der Waals surface area contributed by atoms with Crippen molar-refractivity contribution in [1.29, 1.82) is 0 Å². The van der Waals surface area contributed by atoms with Gasteiger partial charge >= 0.3 is 5.97 Å². The predicted octanol–water partition coefficient (Wildman–Crippen LogP) is 4.43. The number of aromatic carboxylic acids is 1. The van der Waals surface area contributed by atoms with Crippen molar-refractivity contribution in [2.75, 3.05) is 17.5 Å². The lowest BCUT2D eigenvalue weighted by Gasteiger charge is -2.23. The highest BCUT2D eigenvalue weighted by Gasteiger charge is 2.19. The molecule has 0 radical (unpaired) electrons. The van der Waals surface area contributed by atoms with Gasteiger partial charge in [0.05, 0.1) is 16.9 Å². The van der Waals surface area contributed by atoms with Crippen LogP contribution in [0, 0.1) is 6.92 Å². The molecular weight excluding hydrogens is 406 g/mol. The van der Waals surface area contributed by atoms with Crippen molar-refractivity contribution in [2.24, 2.45) is 0 Å². The number of hydrogen-bond acceptors (Lipinski definition) is 4. The SMILES string of the molecule is Cc1cccc(N(c2ccccc2OCCOc2ccc(C(=O)O)cc2)S(=O)O)c1. The first-order chi connectivity index (χ1) is 14.5. The van der Waals surface area contributed by atoms with E-state index >= 15 is 0 Å². The highest BCUT2D eigenvalue weighted by Crippen LogP contribution is 2.35. The first-order valence-corrected chi connectivity index (χ1v) is 10.2. The van der Waals surface area contributed by atoms with Gasteiger partial charge in [-0.25, -0.2) is 13.3 Å². The van der Waals surface area contributed by atoms with E-state index in [4.69, 9.17) is 14.6 Å². The number of para-hydroxylation sites is 2. The predicted molar refractivity (Wildman–Crippen MR) is 115 cm³/mol. The van der Waals surface area contributed by atoms with Gasteiger partial charge in [-0.2, -0.15) is 0 Å². The lowest BCUT2D eigenvalue weighted by molar-refractivity contribution is 0.0697. The van der Waals surface area contributed by atoms with Crippen molar-refractivity contribution in [1.82, 2.24) is 0 Å². The van der Waals surface area contributed by atoms with Gasteiger partial charge in [0.2, 0.25) is 0 Å². The van der Waals surface area contributed by atoms with E-state index in [1.165, 1.54) is 16.4 Å². The lowest BCUT2D eigenvalue weighted by atomic mass is 10.2. The quantitative estimate of drug-likeness (QED) is 0.387. The van der Waals surface area contributed by atoms with Crippen LogP contribution in [0.3, 0.4) is 0 Å². The van der Waals surface area contributed by atoms with E-state index in [1.54, 1.807) is 42.5 Å². The molecule has 0 aliphatic carbocycles. The zero-order valence-corrected chi connectivity index (χ0v) is 17.0. The van der Waals surface area contributed by atoms with E-state index in [2.05, 4.69) is 0 Å². The molecule has 1 unspecified atom stereocenters. The zero-order valence-electron chi connectivity index (χ0n) is 16.2. The topological polar surface area (TPSA) is 96.3 Å². The minimum Gasteiger partial charge on any atom is -0.490 e. The Morgan fingerprint density at radius 1 is 0.967 bits per heavy atom. The maximum atomic E-state index is 12.1. The van der Waals surface area contributed by atoms with Crippen molar-refractivity contribution >= 4 is 28.6 Å². The Kier molecular flexibility index (Phi) is 7.05. The normalized spacial score (nSPS) is 11.5. The molecule has 0 bridgehead atoms. The van der Waals surface area contributed by atoms with Crippen molar-refractivity contribution in [2.45, 2.75) is 6.92 Å². The summed E-state index contributed by atoms with van der Waals surface area (Å²) >= 11 is -2.29. The van der Waals surface area contributed by atoms with Crippen molar-refractivity contribution < 1.29 is 28.1 Å². The number of benzene rings is 3. The highest BCUT2D eigenvalue weighted by molar-refractivity contribution is 7.81. The first-order valence-electron chi connectivity index (χ1n) is 9.11. The number of nitrogens with zero attached hydrogens (tertiary/aromatic N) is 1. The lowest BCUT2D eigenvalue weighted by Crippen LogP contribution is -2.20. The second-order valence-corrected chi connectivity index (χ2v) is 7.18. The minimum atomic E-state index is -2.29. The van der Waals surface area contributed by atoms with Crippen LogP contribution in [-0.2, 0) is 11.3 Å². The van der Waals surface area contributed by atoms with Gasteiger partial charge in [0.25, 0.3) is 11.3 Å². The van der Waals surface area contributed by atoms with E-state index < -0.39 is 17.2 Å². The van der Waals surface area contributed by atoms with Crippen LogP contribution in [-0.4, -0.2) is 33.1 Å². The Hall–Kier alpha value is -3.36. The second kappa shape index (κ2) is 9.91. The number of carboxylic acid groups (broad SMARTS) is 1. The molecule has 0 aliphatic rings. The molecule has 2 N–H and O–H groups in total. The summed E-state index contributed by atoms with van der Waals surface area (Å²) in [6.45, 7) is 2.32. The molecule has 3 rings (SSSR count). The van der Waals surface area contributed by atoms with Crippen LogP contribution in [0.15, 0.2) is 72.8 Å². The fourth-order valence-electron chi connectivity index (χ4n) is 2.82. The Balaban J connectivity index is 1.68. The summed E-state index contributed by atoms with van der Waals surface area (Å²) in [4.78, 5) is 10.9. The molecule has 0 amide bonds. The van der Waals surface area contributed by atoms with Crippen LogP contribution in [0.2, 0.25) is 0 Å². The molecule has 0 spiro atoms. The van der Waals surface area contributed by atoms with Gasteiger partial charge in [-0.3, -0.25) is 4.55 Å². The van der Waals surface area contributed by atoms with E-state index in [1.807, 2.05) is 25.1 Å². The first kappa shape index (κ1) is 21.4. The Bertz CT molecular complexity index is 1040. The molecule has 30 heavy (non-hydrogen) atoms. The molecule has 0 aliphatic heterocycles. The van der Waals surface area contributed by atoms with Gasteiger partial charge in [0.1, 0.15) is 24.7 Å². The number of carbonyl (C=O) groups is 1. The minimum absolute atomic E-state index is 0.181. The number of anilines is 2. The summed E-state index contributed by atoms with van der Waals surface area (Å²) in [7, 11) is 0. The average molecular weight is 427 g/mol. The number of ether oxygens (including phenoxy) is 2. The molecule has 0 fully saturated rings. The van der Waals surface area contributed by atoms with E-state index in [-0.39, 0.29) is 18.8 Å². The molecular formula is C22H21NO6S. The number of rotatable bonds is 9. The maximum Gasteiger partial charge on any atom is 0.335 e. The summed E-state index contributed by atoms with van der Waals surface area (Å²) in [6, 6.07) is 20.3. The molecule has 3 aromatic carbocycles. The summed E-state index contributed by atoms with van der Waals surface area (Å²) in [6.07, 6.45) is 0. The zero-order chi connectivity index (χ0) is 21.5. The number of aryl methyl sites for hydroxylation is 1. The van der Waals surface area contributed by atoms with Crippen LogP contribution in [0.1, 0.15) is 15.9 Å². The van der Waals surface area contributed by atoms with Crippen LogP contribution in [0.4, 0.5) is 11.4 Å². The number of carboxylic acids is 1. The molecule has 0 heterocycles. The maximum absolute atomic E-state index is 12.1. The molecule has 0 saturated heterocycles. The van der Waals surface area contributed by atoms with Crippen molar-refractivity contribution in [3.05, 3.63) is 83.9 Å². The van der Waals surface area contributed by atoms with Gasteiger partial charge in [-0.1, -0.05) is 24.3 Å². The fourth-order valence-corrected chi connectivity index (χ4v) is 3.43. The Labute approximate surface area is 176 Å². The van der Waals surface area contributed by atoms with Gasteiger partial charge in [-0.05, 0) is 61.0 Å². The molecule has 156 valence electrons. The monoisotopic (exact) mass is 427 g/mol. The summed E-state index contributed by atoms with van der Waals surface area (Å²) < 4.78 is 34.6. The molecule has 3 aromatic rings. The van der Waals surface area contributed by atoms with Crippen LogP contribution in [0.25, 0.3) is 0 Å². The average Bonchev–Trinajstić information content (AvgIpc) is 2.72. The fraction of sp³-hybridized carbons (Fsp3) is 0.136. The van der Waals surface area contributed by atoms with Gasteiger partial charge < -0.3 is 14.6 Å². The summed E-state index contributed by atoms with van der Waals surface area (Å²) in [5.41, 5.74) is 2.17. The van der Waals surface area contributed by atoms with E-state index in [9.17, 15) is 13.6 Å². The molecule has 7 nitrogen and oxygen atoms in total. The standard InChI is InChI=1S/C22H21NO6S/c1-16-5-4-6-18(15-16)23(30(26)27)20-7-2-3-8-21(20)29-14-13-28-19-11-9-17(10-12-19)22(24)25/h2-12,15H,13-14H2,1H3,(H,24,25)(H,26,27). The van der Waals surface area contributed by atoms with E-state index in [0.29, 0.717) is 22.9 Å². The Morgan fingerprint density at radius 3 is 2.33 bits per heavy atom. The number of hydrogen-bond donors (Lipinski definition) is 2. The Morgan fingerprint density at radius 2 is 1.67 bits per heavy atom. The van der Waals surface area contributed by atoms with Crippen LogP contribution in [0.5, 0.6) is 11.5 Å². The van der Waals surface area contributed by atoms with Gasteiger partial charge in [0.15, 0.2) is 0 Å². The van der Waals surface area contributed by atoms with E-state index in [0.717, 1.165) is 5.56 Å². The molecule has 0 aromatic heterocycles. The van der Waals surface area contributed by atoms with Gasteiger partial charge in [-0.15, -0.1) is 0 Å².